The number of hydrogen-bond donors (Lipinski definition) is 2. The number of halogens is 1. The van der Waals surface area contributed by atoms with Crippen molar-refractivity contribution in [3.8, 4) is 5.75 Å². The van der Waals surface area contributed by atoms with E-state index in [9.17, 15) is 9.50 Å². The number of fused-ring (bicyclic) bond motifs is 1. The van der Waals surface area contributed by atoms with E-state index in [0.717, 1.165) is 16.9 Å². The minimum atomic E-state index is -0.740. The van der Waals surface area contributed by atoms with Gasteiger partial charge in [-0.1, -0.05) is 12.1 Å². The largest absolute Gasteiger partial charge is 0.491 e. The van der Waals surface area contributed by atoms with Crippen LogP contribution < -0.4 is 4.74 Å². The molecule has 1 heterocycles. The summed E-state index contributed by atoms with van der Waals surface area (Å²) in [6.07, 6.45) is 0.512. The van der Waals surface area contributed by atoms with E-state index in [0.29, 0.717) is 25.1 Å². The first-order valence-electron chi connectivity index (χ1n) is 8.29. The fraction of sp³-hybridized carbons (Fsp3) is 0.316. The SMILES string of the molecule is OCCCc1nc2ccccc2n1CC(O)COc1ccc(F)cc1. The molecule has 0 aliphatic carbocycles. The maximum absolute atomic E-state index is 12.9. The van der Waals surface area contributed by atoms with Crippen molar-refractivity contribution < 1.29 is 19.3 Å². The molecule has 6 heteroatoms. The smallest absolute Gasteiger partial charge is 0.123 e. The molecule has 1 atom stereocenters. The van der Waals surface area contributed by atoms with Crippen LogP contribution in [-0.4, -0.2) is 39.1 Å². The molecule has 132 valence electrons. The van der Waals surface area contributed by atoms with Crippen LogP contribution in [0.1, 0.15) is 12.2 Å². The molecule has 1 aromatic heterocycles. The topological polar surface area (TPSA) is 67.5 Å². The minimum Gasteiger partial charge on any atom is -0.491 e. The Hall–Kier alpha value is -2.44. The van der Waals surface area contributed by atoms with Gasteiger partial charge in [0.1, 0.15) is 30.1 Å². The van der Waals surface area contributed by atoms with Crippen molar-refractivity contribution in [2.24, 2.45) is 0 Å². The summed E-state index contributed by atoms with van der Waals surface area (Å²) in [6, 6.07) is 13.4. The van der Waals surface area contributed by atoms with Gasteiger partial charge in [0, 0.05) is 13.0 Å². The first-order chi connectivity index (χ1) is 12.2. The summed E-state index contributed by atoms with van der Waals surface area (Å²) < 4.78 is 20.4. The number of benzene rings is 2. The molecule has 25 heavy (non-hydrogen) atoms. The molecule has 5 nitrogen and oxygen atoms in total. The minimum absolute atomic E-state index is 0.0948. The number of aliphatic hydroxyl groups is 2. The van der Waals surface area contributed by atoms with Gasteiger partial charge in [-0.15, -0.1) is 0 Å². The monoisotopic (exact) mass is 344 g/mol. The molecule has 0 saturated carbocycles. The van der Waals surface area contributed by atoms with E-state index >= 15 is 0 Å². The quantitative estimate of drug-likeness (QED) is 0.659. The molecular formula is C19H21FN2O3. The highest BCUT2D eigenvalue weighted by Gasteiger charge is 2.14. The van der Waals surface area contributed by atoms with Crippen molar-refractivity contribution in [3.63, 3.8) is 0 Å². The molecule has 3 rings (SSSR count). The number of aryl methyl sites for hydroxylation is 1. The third-order valence-corrected chi connectivity index (χ3v) is 3.94. The Labute approximate surface area is 145 Å². The zero-order valence-corrected chi connectivity index (χ0v) is 13.8. The van der Waals surface area contributed by atoms with Gasteiger partial charge in [0.15, 0.2) is 0 Å². The maximum atomic E-state index is 12.9. The Morgan fingerprint density at radius 1 is 1.12 bits per heavy atom. The van der Waals surface area contributed by atoms with Crippen molar-refractivity contribution in [3.05, 3.63) is 60.2 Å². The molecule has 0 aliphatic rings. The Balaban J connectivity index is 1.70. The van der Waals surface area contributed by atoms with Gasteiger partial charge < -0.3 is 19.5 Å². The van der Waals surface area contributed by atoms with Gasteiger partial charge in [-0.05, 0) is 42.8 Å². The summed E-state index contributed by atoms with van der Waals surface area (Å²) >= 11 is 0. The van der Waals surface area contributed by atoms with Gasteiger partial charge in [-0.25, -0.2) is 9.37 Å². The highest BCUT2D eigenvalue weighted by molar-refractivity contribution is 5.75. The number of rotatable bonds is 8. The molecule has 0 bridgehead atoms. The van der Waals surface area contributed by atoms with Gasteiger partial charge in [0.25, 0.3) is 0 Å². The maximum Gasteiger partial charge on any atom is 0.123 e. The van der Waals surface area contributed by atoms with E-state index in [2.05, 4.69) is 4.98 Å². The van der Waals surface area contributed by atoms with Crippen LogP contribution >= 0.6 is 0 Å². The highest BCUT2D eigenvalue weighted by Crippen LogP contribution is 2.18. The predicted molar refractivity (Wildman–Crippen MR) is 93.0 cm³/mol. The Bertz CT molecular complexity index is 817. The van der Waals surface area contributed by atoms with Crippen LogP contribution in [-0.2, 0) is 13.0 Å². The number of hydrogen-bond acceptors (Lipinski definition) is 4. The lowest BCUT2D eigenvalue weighted by molar-refractivity contribution is 0.0926. The van der Waals surface area contributed by atoms with Gasteiger partial charge in [0.2, 0.25) is 0 Å². The molecule has 0 saturated heterocycles. The van der Waals surface area contributed by atoms with E-state index in [4.69, 9.17) is 9.84 Å². The number of ether oxygens (including phenoxy) is 1. The standard InChI is InChI=1S/C19H21FN2O3/c20-14-7-9-16(10-8-14)25-13-15(24)12-22-18-5-2-1-4-17(18)21-19(22)6-3-11-23/h1-2,4-5,7-10,15,23-24H,3,6,11-13H2. The van der Waals surface area contributed by atoms with Crippen LogP contribution in [0.25, 0.3) is 11.0 Å². The van der Waals surface area contributed by atoms with E-state index in [1.54, 1.807) is 0 Å². The first kappa shape index (κ1) is 17.4. The van der Waals surface area contributed by atoms with E-state index in [1.807, 2.05) is 28.8 Å². The number of nitrogens with zero attached hydrogens (tertiary/aromatic N) is 2. The molecular weight excluding hydrogens is 323 g/mol. The lowest BCUT2D eigenvalue weighted by Gasteiger charge is -2.15. The van der Waals surface area contributed by atoms with Gasteiger partial charge in [-0.2, -0.15) is 0 Å². The highest BCUT2D eigenvalue weighted by atomic mass is 19.1. The van der Waals surface area contributed by atoms with Crippen LogP contribution in [0, 0.1) is 5.82 Å². The molecule has 3 aromatic rings. The van der Waals surface area contributed by atoms with Crippen LogP contribution in [0.4, 0.5) is 4.39 Å². The molecule has 2 aromatic carbocycles. The predicted octanol–water partition coefficient (Wildman–Crippen LogP) is 2.54. The van der Waals surface area contributed by atoms with Crippen molar-refractivity contribution in [1.82, 2.24) is 9.55 Å². The van der Waals surface area contributed by atoms with E-state index in [1.165, 1.54) is 24.3 Å². The lowest BCUT2D eigenvalue weighted by Crippen LogP contribution is -2.24. The van der Waals surface area contributed by atoms with Crippen LogP contribution in [0.5, 0.6) is 5.75 Å². The zero-order chi connectivity index (χ0) is 17.6. The number of imidazole rings is 1. The Morgan fingerprint density at radius 3 is 2.64 bits per heavy atom. The summed E-state index contributed by atoms with van der Waals surface area (Å²) in [5.74, 6) is 1.01. The summed E-state index contributed by atoms with van der Waals surface area (Å²) in [5, 5.41) is 19.4. The zero-order valence-electron chi connectivity index (χ0n) is 13.8. The second-order valence-electron chi connectivity index (χ2n) is 5.87. The van der Waals surface area contributed by atoms with Crippen molar-refractivity contribution in [2.45, 2.75) is 25.5 Å². The fourth-order valence-corrected chi connectivity index (χ4v) is 2.74. The Kier molecular flexibility index (Phi) is 5.63. The van der Waals surface area contributed by atoms with Gasteiger partial charge in [0.05, 0.1) is 17.6 Å². The third-order valence-electron chi connectivity index (χ3n) is 3.94. The normalized spacial score (nSPS) is 12.4. The van der Waals surface area contributed by atoms with Crippen molar-refractivity contribution in [1.29, 1.82) is 0 Å². The van der Waals surface area contributed by atoms with Crippen LogP contribution in [0.3, 0.4) is 0 Å². The average Bonchev–Trinajstić information content (AvgIpc) is 2.97. The molecule has 2 N–H and O–H groups in total. The second-order valence-corrected chi connectivity index (χ2v) is 5.87. The molecule has 0 spiro atoms. The van der Waals surface area contributed by atoms with Crippen LogP contribution in [0.2, 0.25) is 0 Å². The summed E-state index contributed by atoms with van der Waals surface area (Å²) in [5.41, 5.74) is 1.80. The second kappa shape index (κ2) is 8.09. The summed E-state index contributed by atoms with van der Waals surface area (Å²) in [7, 11) is 0. The van der Waals surface area contributed by atoms with Gasteiger partial charge in [-0.3, -0.25) is 0 Å². The number of para-hydroxylation sites is 2. The van der Waals surface area contributed by atoms with E-state index < -0.39 is 6.10 Å². The van der Waals surface area contributed by atoms with E-state index in [-0.39, 0.29) is 19.0 Å². The molecule has 1 unspecified atom stereocenters. The fourth-order valence-electron chi connectivity index (χ4n) is 2.74. The van der Waals surface area contributed by atoms with Crippen molar-refractivity contribution in [2.75, 3.05) is 13.2 Å². The summed E-state index contributed by atoms with van der Waals surface area (Å²) in [4.78, 5) is 4.59. The molecule has 0 radical (unpaired) electrons. The number of aromatic nitrogens is 2. The molecule has 0 aliphatic heterocycles. The average molecular weight is 344 g/mol. The Morgan fingerprint density at radius 2 is 1.88 bits per heavy atom. The molecule has 0 amide bonds. The first-order valence-corrected chi connectivity index (χ1v) is 8.29. The van der Waals surface area contributed by atoms with Crippen molar-refractivity contribution >= 4 is 11.0 Å². The lowest BCUT2D eigenvalue weighted by atomic mass is 10.2. The van der Waals surface area contributed by atoms with Gasteiger partial charge >= 0.3 is 0 Å². The third kappa shape index (κ3) is 4.35. The molecule has 0 fully saturated rings. The van der Waals surface area contributed by atoms with Crippen LogP contribution in [0.15, 0.2) is 48.5 Å². The summed E-state index contributed by atoms with van der Waals surface area (Å²) in [6.45, 7) is 0.527. The number of aliphatic hydroxyl groups excluding tert-OH is 2.